The average Bonchev–Trinajstić information content (AvgIpc) is 2.98. The van der Waals surface area contributed by atoms with Crippen LogP contribution < -0.4 is 4.74 Å². The number of carbonyl (C=O) groups is 1. The van der Waals surface area contributed by atoms with Gasteiger partial charge in [-0.1, -0.05) is 24.3 Å². The lowest BCUT2D eigenvalue weighted by Gasteiger charge is -2.14. The highest BCUT2D eigenvalue weighted by Gasteiger charge is 2.33. The fraction of sp³-hybridized carbons (Fsp3) is 0.238. The van der Waals surface area contributed by atoms with Crippen LogP contribution in [0.1, 0.15) is 12.5 Å². The monoisotopic (exact) mass is 398 g/mol. The molecule has 3 rings (SSSR count). The molecule has 6 nitrogen and oxygen atoms in total. The van der Waals surface area contributed by atoms with Gasteiger partial charge in [-0.15, -0.1) is 0 Å². The van der Waals surface area contributed by atoms with E-state index in [-0.39, 0.29) is 11.7 Å². The van der Waals surface area contributed by atoms with Crippen LogP contribution in [0.15, 0.2) is 58.4 Å². The number of thioether (sulfide) groups is 1. The number of phenolic OH excluding ortho intramolecular Hbond substituents is 1. The van der Waals surface area contributed by atoms with Gasteiger partial charge in [-0.3, -0.25) is 9.69 Å². The number of phenols is 1. The number of aromatic hydroxyl groups is 1. The highest BCUT2D eigenvalue weighted by molar-refractivity contribution is 8.18. The quantitative estimate of drug-likeness (QED) is 0.713. The SMILES string of the molecule is CCOc1cc(C=C2SC(=Nc3ccccc3)N(CCOC)C2=O)ccc1O. The Labute approximate surface area is 168 Å². The Balaban J connectivity index is 1.92. The molecular weight excluding hydrogens is 376 g/mol. The van der Waals surface area contributed by atoms with Crippen LogP contribution in [-0.2, 0) is 9.53 Å². The highest BCUT2D eigenvalue weighted by atomic mass is 32.2. The number of para-hydroxylation sites is 1. The van der Waals surface area contributed by atoms with Gasteiger partial charge < -0.3 is 14.6 Å². The Bertz CT molecular complexity index is 897. The predicted octanol–water partition coefficient (Wildman–Crippen LogP) is 4.04. The van der Waals surface area contributed by atoms with Crippen molar-refractivity contribution in [3.63, 3.8) is 0 Å². The van der Waals surface area contributed by atoms with Crippen molar-refractivity contribution in [1.82, 2.24) is 4.90 Å². The topological polar surface area (TPSA) is 71.4 Å². The maximum absolute atomic E-state index is 12.9. The first-order valence-corrected chi connectivity index (χ1v) is 9.74. The number of rotatable bonds is 7. The number of aliphatic imine (C=N–C) groups is 1. The number of benzene rings is 2. The first kappa shape index (κ1) is 20.0. The molecule has 1 amide bonds. The molecule has 0 atom stereocenters. The van der Waals surface area contributed by atoms with Gasteiger partial charge in [0, 0.05) is 7.11 Å². The molecule has 1 aliphatic rings. The molecule has 0 bridgehead atoms. The second-order valence-corrected chi connectivity index (χ2v) is 6.96. The van der Waals surface area contributed by atoms with E-state index < -0.39 is 0 Å². The van der Waals surface area contributed by atoms with Gasteiger partial charge in [0.2, 0.25) is 0 Å². The van der Waals surface area contributed by atoms with E-state index in [1.165, 1.54) is 11.8 Å². The van der Waals surface area contributed by atoms with Crippen molar-refractivity contribution in [2.24, 2.45) is 4.99 Å². The molecule has 2 aromatic carbocycles. The van der Waals surface area contributed by atoms with Crippen molar-refractivity contribution in [2.45, 2.75) is 6.92 Å². The summed E-state index contributed by atoms with van der Waals surface area (Å²) in [5, 5.41) is 10.5. The summed E-state index contributed by atoms with van der Waals surface area (Å²) in [5.41, 5.74) is 1.55. The van der Waals surface area contributed by atoms with E-state index >= 15 is 0 Å². The first-order valence-electron chi connectivity index (χ1n) is 8.92. The second-order valence-electron chi connectivity index (χ2n) is 5.95. The molecule has 0 spiro atoms. The standard InChI is InChI=1S/C21H22N2O4S/c1-3-27-18-13-15(9-10-17(18)24)14-19-20(25)23(11-12-26-2)21(28-19)22-16-7-5-4-6-8-16/h4-10,13-14,24H,3,11-12H2,1-2H3. The van der Waals surface area contributed by atoms with Gasteiger partial charge >= 0.3 is 0 Å². The minimum absolute atomic E-state index is 0.0717. The Kier molecular flexibility index (Phi) is 6.73. The Hall–Kier alpha value is -2.77. The van der Waals surface area contributed by atoms with Gasteiger partial charge in [-0.2, -0.15) is 0 Å². The lowest BCUT2D eigenvalue weighted by molar-refractivity contribution is -0.122. The summed E-state index contributed by atoms with van der Waals surface area (Å²) in [4.78, 5) is 19.7. The van der Waals surface area contributed by atoms with Crippen LogP contribution in [0.4, 0.5) is 5.69 Å². The summed E-state index contributed by atoms with van der Waals surface area (Å²) in [5.74, 6) is 0.340. The zero-order chi connectivity index (χ0) is 19.9. The largest absolute Gasteiger partial charge is 0.504 e. The summed E-state index contributed by atoms with van der Waals surface area (Å²) in [6, 6.07) is 14.5. The molecule has 146 valence electrons. The van der Waals surface area contributed by atoms with E-state index in [9.17, 15) is 9.90 Å². The summed E-state index contributed by atoms with van der Waals surface area (Å²) >= 11 is 1.32. The van der Waals surface area contributed by atoms with E-state index in [2.05, 4.69) is 4.99 Å². The lowest BCUT2D eigenvalue weighted by Crippen LogP contribution is -2.32. The predicted molar refractivity (Wildman–Crippen MR) is 112 cm³/mol. The second kappa shape index (κ2) is 9.43. The van der Waals surface area contributed by atoms with Crippen molar-refractivity contribution < 1.29 is 19.4 Å². The maximum atomic E-state index is 12.9. The molecule has 1 fully saturated rings. The Morgan fingerprint density at radius 3 is 2.71 bits per heavy atom. The molecule has 0 radical (unpaired) electrons. The number of nitrogens with zero attached hydrogens (tertiary/aromatic N) is 2. The third kappa shape index (κ3) is 4.74. The van der Waals surface area contributed by atoms with Crippen molar-refractivity contribution in [2.75, 3.05) is 26.9 Å². The number of carbonyl (C=O) groups excluding carboxylic acids is 1. The molecule has 1 aliphatic heterocycles. The summed E-state index contributed by atoms with van der Waals surface area (Å²) in [6.07, 6.45) is 1.78. The van der Waals surface area contributed by atoms with E-state index in [1.54, 1.807) is 36.3 Å². The van der Waals surface area contributed by atoms with Crippen molar-refractivity contribution >= 4 is 34.6 Å². The fourth-order valence-electron chi connectivity index (χ4n) is 2.63. The van der Waals surface area contributed by atoms with Crippen LogP contribution >= 0.6 is 11.8 Å². The van der Waals surface area contributed by atoms with Gasteiger partial charge in [0.1, 0.15) is 0 Å². The van der Waals surface area contributed by atoms with Crippen LogP contribution in [0.25, 0.3) is 6.08 Å². The third-order valence-electron chi connectivity index (χ3n) is 3.97. The van der Waals surface area contributed by atoms with Gasteiger partial charge in [-0.05, 0) is 54.6 Å². The lowest BCUT2D eigenvalue weighted by atomic mass is 10.2. The molecule has 0 unspecified atom stereocenters. The van der Waals surface area contributed by atoms with E-state index in [4.69, 9.17) is 9.47 Å². The van der Waals surface area contributed by atoms with Crippen LogP contribution in [0, 0.1) is 0 Å². The average molecular weight is 398 g/mol. The minimum Gasteiger partial charge on any atom is -0.504 e. The van der Waals surface area contributed by atoms with Crippen LogP contribution in [0.3, 0.4) is 0 Å². The molecule has 0 saturated carbocycles. The van der Waals surface area contributed by atoms with Crippen LogP contribution in [0.2, 0.25) is 0 Å². The normalized spacial score (nSPS) is 16.9. The zero-order valence-electron chi connectivity index (χ0n) is 15.8. The number of methoxy groups -OCH3 is 1. The van der Waals surface area contributed by atoms with Gasteiger partial charge in [0.15, 0.2) is 16.7 Å². The fourth-order valence-corrected chi connectivity index (χ4v) is 3.65. The van der Waals surface area contributed by atoms with Crippen LogP contribution in [0.5, 0.6) is 11.5 Å². The summed E-state index contributed by atoms with van der Waals surface area (Å²) < 4.78 is 10.6. The number of hydrogen-bond donors (Lipinski definition) is 1. The first-order chi connectivity index (χ1) is 13.6. The third-order valence-corrected chi connectivity index (χ3v) is 4.98. The number of ether oxygens (including phenoxy) is 2. The number of amides is 1. The minimum atomic E-state index is -0.122. The molecule has 7 heteroatoms. The van der Waals surface area contributed by atoms with Crippen molar-refractivity contribution in [1.29, 1.82) is 0 Å². The van der Waals surface area contributed by atoms with Crippen LogP contribution in [-0.4, -0.2) is 47.9 Å². The van der Waals surface area contributed by atoms with E-state index in [1.807, 2.05) is 37.3 Å². The maximum Gasteiger partial charge on any atom is 0.266 e. The number of amidine groups is 1. The summed E-state index contributed by atoms with van der Waals surface area (Å²) in [7, 11) is 1.60. The molecule has 1 saturated heterocycles. The Morgan fingerprint density at radius 2 is 2.00 bits per heavy atom. The zero-order valence-corrected chi connectivity index (χ0v) is 16.6. The molecule has 2 aromatic rings. The molecule has 0 aromatic heterocycles. The molecule has 0 aliphatic carbocycles. The van der Waals surface area contributed by atoms with Gasteiger partial charge in [0.05, 0.1) is 30.4 Å². The van der Waals surface area contributed by atoms with Gasteiger partial charge in [-0.25, -0.2) is 4.99 Å². The molecular formula is C21H22N2O4S. The Morgan fingerprint density at radius 1 is 1.21 bits per heavy atom. The number of hydrogen-bond acceptors (Lipinski definition) is 6. The van der Waals surface area contributed by atoms with E-state index in [0.717, 1.165) is 11.3 Å². The molecule has 28 heavy (non-hydrogen) atoms. The van der Waals surface area contributed by atoms with Crippen molar-refractivity contribution in [3.05, 3.63) is 59.0 Å². The molecule has 1 N–H and O–H groups in total. The van der Waals surface area contributed by atoms with E-state index in [0.29, 0.717) is 35.6 Å². The van der Waals surface area contributed by atoms with Gasteiger partial charge in [0.25, 0.3) is 5.91 Å². The van der Waals surface area contributed by atoms with Crippen molar-refractivity contribution in [3.8, 4) is 11.5 Å². The summed E-state index contributed by atoms with van der Waals surface area (Å²) in [6.45, 7) is 3.13. The molecule has 1 heterocycles. The smallest absolute Gasteiger partial charge is 0.266 e. The highest BCUT2D eigenvalue weighted by Crippen LogP contribution is 2.35.